The smallest absolute Gasteiger partial charge is 0.205 e. The van der Waals surface area contributed by atoms with Crippen LogP contribution in [0.2, 0.25) is 0 Å². The van der Waals surface area contributed by atoms with Crippen LogP contribution in [0.3, 0.4) is 0 Å². The van der Waals surface area contributed by atoms with Crippen LogP contribution < -0.4 is 4.90 Å². The van der Waals surface area contributed by atoms with Crippen LogP contribution in [-0.2, 0) is 5.41 Å². The molecule has 0 bridgehead atoms. The van der Waals surface area contributed by atoms with Gasteiger partial charge in [0.05, 0.1) is 22.4 Å². The van der Waals surface area contributed by atoms with E-state index in [9.17, 15) is 0 Å². The summed E-state index contributed by atoms with van der Waals surface area (Å²) in [6.07, 6.45) is 3.66. The molecule has 276 valence electrons. The highest BCUT2D eigenvalue weighted by Gasteiger charge is 2.36. The third-order valence-electron chi connectivity index (χ3n) is 11.7. The SMILES string of the molecule is CC1(C)c2ccccc2-c2cc3c4cc(-c5ccc(N(c6cccc(-c7ccccn7)c6)c6cccc(-c7ccccn7)c6)o5)ccc4n(-c4ccccc4)c3cc21. The van der Waals surface area contributed by atoms with Gasteiger partial charge < -0.3 is 8.98 Å². The van der Waals surface area contributed by atoms with Crippen molar-refractivity contribution in [1.82, 2.24) is 14.5 Å². The minimum Gasteiger partial charge on any atom is -0.440 e. The summed E-state index contributed by atoms with van der Waals surface area (Å²) in [6.45, 7) is 4.69. The van der Waals surface area contributed by atoms with Crippen molar-refractivity contribution >= 4 is 39.1 Å². The number of rotatable bonds is 7. The minimum atomic E-state index is -0.103. The second kappa shape index (κ2) is 13.3. The van der Waals surface area contributed by atoms with Crippen molar-refractivity contribution in [3.63, 3.8) is 0 Å². The predicted molar refractivity (Wildman–Crippen MR) is 237 cm³/mol. The van der Waals surface area contributed by atoms with E-state index in [0.29, 0.717) is 5.88 Å². The number of benzene rings is 6. The molecular formula is C53H38N4O. The molecule has 58 heavy (non-hydrogen) atoms. The van der Waals surface area contributed by atoms with Gasteiger partial charge in [0.1, 0.15) is 5.76 Å². The van der Waals surface area contributed by atoms with Gasteiger partial charge in [0.25, 0.3) is 0 Å². The summed E-state index contributed by atoms with van der Waals surface area (Å²) in [5, 5.41) is 2.40. The highest BCUT2D eigenvalue weighted by atomic mass is 16.4. The lowest BCUT2D eigenvalue weighted by molar-refractivity contribution is 0.588. The number of anilines is 3. The molecule has 5 heteroatoms. The molecule has 4 aromatic heterocycles. The number of aromatic nitrogens is 3. The molecule has 0 saturated carbocycles. The summed E-state index contributed by atoms with van der Waals surface area (Å²) in [5.74, 6) is 1.49. The Balaban J connectivity index is 1.07. The summed E-state index contributed by atoms with van der Waals surface area (Å²) in [4.78, 5) is 11.5. The van der Waals surface area contributed by atoms with E-state index in [2.05, 4.69) is 179 Å². The van der Waals surface area contributed by atoms with E-state index in [1.54, 1.807) is 0 Å². The Hall–Kier alpha value is -7.50. The van der Waals surface area contributed by atoms with Crippen molar-refractivity contribution in [2.24, 2.45) is 0 Å². The fourth-order valence-corrected chi connectivity index (χ4v) is 8.90. The first-order valence-corrected chi connectivity index (χ1v) is 19.7. The first kappa shape index (κ1) is 33.8. The van der Waals surface area contributed by atoms with Gasteiger partial charge >= 0.3 is 0 Å². The Morgan fingerprint density at radius 1 is 0.483 bits per heavy atom. The van der Waals surface area contributed by atoms with Gasteiger partial charge in [-0.25, -0.2) is 0 Å². The van der Waals surface area contributed by atoms with Gasteiger partial charge in [-0.05, 0) is 119 Å². The Morgan fingerprint density at radius 2 is 1.14 bits per heavy atom. The number of pyridine rings is 2. The summed E-state index contributed by atoms with van der Waals surface area (Å²) < 4.78 is 9.33. The zero-order valence-corrected chi connectivity index (χ0v) is 32.2. The average molecular weight is 747 g/mol. The van der Waals surface area contributed by atoms with Crippen LogP contribution in [-0.4, -0.2) is 14.5 Å². The standard InChI is InChI=1S/C53H38N4O/c1-53(2)45-21-7-6-20-41(45)42-33-44-43-32-37(24-25-49(43)57(50(44)34-46(42)53)38-16-4-3-5-17-38)51-26-27-52(58-51)56(39-18-12-14-35(30-39)47-22-8-10-28-54-47)40-19-13-15-36(31-40)48-23-9-11-29-55-48/h3-34H,1-2H3. The van der Waals surface area contributed by atoms with E-state index in [1.165, 1.54) is 38.5 Å². The van der Waals surface area contributed by atoms with Crippen LogP contribution in [0.1, 0.15) is 25.0 Å². The van der Waals surface area contributed by atoms with Crippen molar-refractivity contribution < 1.29 is 4.42 Å². The number of fused-ring (bicyclic) bond motifs is 6. The van der Waals surface area contributed by atoms with Crippen LogP contribution in [0.15, 0.2) is 199 Å². The Bertz CT molecular complexity index is 3060. The molecule has 0 spiro atoms. The average Bonchev–Trinajstić information content (AvgIpc) is 3.95. The third kappa shape index (κ3) is 5.47. The fourth-order valence-electron chi connectivity index (χ4n) is 8.90. The number of hydrogen-bond donors (Lipinski definition) is 0. The van der Waals surface area contributed by atoms with E-state index in [1.807, 2.05) is 48.8 Å². The second-order valence-electron chi connectivity index (χ2n) is 15.5. The highest BCUT2D eigenvalue weighted by molar-refractivity contribution is 6.12. The molecule has 10 aromatic rings. The molecule has 0 aliphatic heterocycles. The molecule has 1 aliphatic carbocycles. The lowest BCUT2D eigenvalue weighted by Gasteiger charge is -2.23. The lowest BCUT2D eigenvalue weighted by atomic mass is 9.82. The van der Waals surface area contributed by atoms with Crippen LogP contribution in [0, 0.1) is 0 Å². The summed E-state index contributed by atoms with van der Waals surface area (Å²) >= 11 is 0. The van der Waals surface area contributed by atoms with Gasteiger partial charge in [0.15, 0.2) is 0 Å². The van der Waals surface area contributed by atoms with Crippen LogP contribution in [0.5, 0.6) is 0 Å². The van der Waals surface area contributed by atoms with E-state index >= 15 is 0 Å². The third-order valence-corrected chi connectivity index (χ3v) is 11.7. The molecule has 0 amide bonds. The maximum atomic E-state index is 6.92. The number of furan rings is 1. The molecule has 0 N–H and O–H groups in total. The lowest BCUT2D eigenvalue weighted by Crippen LogP contribution is -2.14. The summed E-state index contributed by atoms with van der Waals surface area (Å²) in [6, 6.07) is 64.2. The predicted octanol–water partition coefficient (Wildman–Crippen LogP) is 13.9. The Labute approximate surface area is 337 Å². The molecular weight excluding hydrogens is 709 g/mol. The molecule has 0 atom stereocenters. The van der Waals surface area contributed by atoms with Crippen LogP contribution in [0.4, 0.5) is 17.3 Å². The molecule has 0 saturated heterocycles. The van der Waals surface area contributed by atoms with E-state index in [-0.39, 0.29) is 5.41 Å². The molecule has 6 aromatic carbocycles. The largest absolute Gasteiger partial charge is 0.440 e. The van der Waals surface area contributed by atoms with Crippen LogP contribution in [0.25, 0.3) is 72.5 Å². The van der Waals surface area contributed by atoms with Gasteiger partial charge in [-0.1, -0.05) is 92.7 Å². The van der Waals surface area contributed by atoms with Gasteiger partial charge in [0.2, 0.25) is 5.88 Å². The van der Waals surface area contributed by atoms with E-state index < -0.39 is 0 Å². The van der Waals surface area contributed by atoms with Gasteiger partial charge in [-0.3, -0.25) is 14.9 Å². The maximum Gasteiger partial charge on any atom is 0.205 e. The maximum absolute atomic E-state index is 6.92. The van der Waals surface area contributed by atoms with Crippen LogP contribution >= 0.6 is 0 Å². The topological polar surface area (TPSA) is 47.1 Å². The highest BCUT2D eigenvalue weighted by Crippen LogP contribution is 2.51. The number of nitrogens with zero attached hydrogens (tertiary/aromatic N) is 4. The van der Waals surface area contributed by atoms with Gasteiger partial charge in [-0.2, -0.15) is 0 Å². The monoisotopic (exact) mass is 746 g/mol. The zero-order chi connectivity index (χ0) is 38.8. The quantitative estimate of drug-likeness (QED) is 0.163. The summed E-state index contributed by atoms with van der Waals surface area (Å²) in [5.41, 5.74) is 15.5. The fraction of sp³-hybridized carbons (Fsp3) is 0.0566. The molecule has 0 radical (unpaired) electrons. The van der Waals surface area contributed by atoms with Crippen molar-refractivity contribution in [3.05, 3.63) is 206 Å². The molecule has 5 nitrogen and oxygen atoms in total. The van der Waals surface area contributed by atoms with Crippen molar-refractivity contribution in [2.45, 2.75) is 19.3 Å². The molecule has 0 unspecified atom stereocenters. The van der Waals surface area contributed by atoms with E-state index in [4.69, 9.17) is 4.42 Å². The van der Waals surface area contributed by atoms with Gasteiger partial charge in [-0.15, -0.1) is 0 Å². The molecule has 1 aliphatic rings. The second-order valence-corrected chi connectivity index (χ2v) is 15.5. The normalized spacial score (nSPS) is 12.8. The van der Waals surface area contributed by atoms with E-state index in [0.717, 1.165) is 56.4 Å². The molecule has 4 heterocycles. The summed E-state index contributed by atoms with van der Waals surface area (Å²) in [7, 11) is 0. The minimum absolute atomic E-state index is 0.103. The Kier molecular flexibility index (Phi) is 7.76. The van der Waals surface area contributed by atoms with Crippen molar-refractivity contribution in [1.29, 1.82) is 0 Å². The zero-order valence-electron chi connectivity index (χ0n) is 32.2. The van der Waals surface area contributed by atoms with Crippen molar-refractivity contribution in [2.75, 3.05) is 4.90 Å². The number of para-hydroxylation sites is 1. The Morgan fingerprint density at radius 3 is 1.83 bits per heavy atom. The molecule has 0 fully saturated rings. The van der Waals surface area contributed by atoms with Gasteiger partial charge in [0, 0.05) is 68.4 Å². The molecule has 11 rings (SSSR count). The van der Waals surface area contributed by atoms with Crippen molar-refractivity contribution in [3.8, 4) is 50.7 Å². The number of hydrogen-bond acceptors (Lipinski definition) is 4. The first-order chi connectivity index (χ1) is 28.5. The first-order valence-electron chi connectivity index (χ1n) is 19.7.